The fraction of sp³-hybridized carbons (Fsp3) is 0.556. The third kappa shape index (κ3) is 9.42. The van der Waals surface area contributed by atoms with E-state index in [-0.39, 0.29) is 42.0 Å². The summed E-state index contributed by atoms with van der Waals surface area (Å²) >= 11 is 0. The third-order valence-corrected chi connectivity index (χ3v) is 3.49. The second-order valence-electron chi connectivity index (χ2n) is 6.64. The van der Waals surface area contributed by atoms with Crippen molar-refractivity contribution in [2.45, 2.75) is 39.2 Å². The van der Waals surface area contributed by atoms with Gasteiger partial charge in [0.15, 0.2) is 0 Å². The number of hydrogen-bond acceptors (Lipinski definition) is 3. The van der Waals surface area contributed by atoms with Gasteiger partial charge in [-0.25, -0.2) is 4.79 Å². The van der Waals surface area contributed by atoms with Crippen molar-refractivity contribution in [1.82, 2.24) is 10.2 Å². The summed E-state index contributed by atoms with van der Waals surface area (Å²) < 4.78 is 0. The average molecular weight is 344 g/mol. The van der Waals surface area contributed by atoms with E-state index in [0.717, 1.165) is 12.0 Å². The number of nitrogens with one attached hydrogen (secondary N) is 1. The van der Waals surface area contributed by atoms with Gasteiger partial charge in [-0.2, -0.15) is 0 Å². The van der Waals surface area contributed by atoms with Crippen LogP contribution in [0.4, 0.5) is 0 Å². The number of likely N-dealkylation sites (N-methyl/N-ethyl adjacent to an activating group) is 1. The monoisotopic (exact) mass is 344 g/mol. The summed E-state index contributed by atoms with van der Waals surface area (Å²) in [6.07, 6.45) is 1.95. The van der Waals surface area contributed by atoms with Gasteiger partial charge in [-0.05, 0) is 44.0 Å². The molecule has 0 heterocycles. The van der Waals surface area contributed by atoms with Gasteiger partial charge in [0.2, 0.25) is 5.91 Å². The van der Waals surface area contributed by atoms with Crippen LogP contribution in [0.25, 0.3) is 0 Å². The van der Waals surface area contributed by atoms with Gasteiger partial charge < -0.3 is 15.3 Å². The molecule has 1 amide bonds. The van der Waals surface area contributed by atoms with Crippen LogP contribution >= 0.6 is 0 Å². The predicted molar refractivity (Wildman–Crippen MR) is 98.6 cm³/mol. The minimum atomic E-state index is -1.01. The molecule has 1 rings (SSSR count). The van der Waals surface area contributed by atoms with Crippen molar-refractivity contribution in [1.29, 1.82) is 0 Å². The summed E-state index contributed by atoms with van der Waals surface area (Å²) in [6.45, 7) is 4.65. The van der Waals surface area contributed by atoms with Crippen molar-refractivity contribution in [2.75, 3.05) is 20.6 Å². The van der Waals surface area contributed by atoms with E-state index in [0.29, 0.717) is 18.8 Å². The quantitative estimate of drug-likeness (QED) is 0.663. The first kappa shape index (κ1) is 23.1. The Kier molecular flexibility index (Phi) is 11.2. The zero-order chi connectivity index (χ0) is 17.4. The number of carboxylic acids is 1. The Hall–Kier alpha value is -0.880. The molecule has 130 valence electrons. The molecule has 1 unspecified atom stereocenters. The number of benzene rings is 1. The topological polar surface area (TPSA) is 69.6 Å². The van der Waals surface area contributed by atoms with E-state index in [9.17, 15) is 9.59 Å². The Morgan fingerprint density at radius 1 is 1.12 bits per heavy atom. The zero-order valence-electron chi connectivity index (χ0n) is 14.5. The van der Waals surface area contributed by atoms with Gasteiger partial charge in [0.25, 0.3) is 0 Å². The number of carboxylic acid groups (broad SMARTS) is 1. The molecule has 0 aliphatic carbocycles. The summed E-state index contributed by atoms with van der Waals surface area (Å²) in [4.78, 5) is 24.8. The van der Waals surface area contributed by atoms with Gasteiger partial charge >= 0.3 is 35.5 Å². The summed E-state index contributed by atoms with van der Waals surface area (Å²) in [5.74, 6) is -0.619. The number of carbonyl (C=O) groups is 2. The standard InChI is InChI=1S/C18H28N2O3.Na.H/c1-13(2)11-15-7-5-14(6-8-15)9-10-17(21)19-16(18(22)23)12-20(3)4;;/h5-8,13,16H,9-12H2,1-4H3,(H,19,21)(H,22,23);;. The van der Waals surface area contributed by atoms with Crippen molar-refractivity contribution < 1.29 is 14.7 Å². The molecule has 0 bridgehead atoms. The molecule has 0 aliphatic rings. The molecule has 1 atom stereocenters. The zero-order valence-corrected chi connectivity index (χ0v) is 14.5. The van der Waals surface area contributed by atoms with E-state index in [4.69, 9.17) is 5.11 Å². The Bertz CT molecular complexity index is 516. The van der Waals surface area contributed by atoms with Crippen LogP contribution in [0, 0.1) is 5.92 Å². The van der Waals surface area contributed by atoms with E-state index in [1.54, 1.807) is 19.0 Å². The summed E-state index contributed by atoms with van der Waals surface area (Å²) in [6, 6.07) is 7.41. The van der Waals surface area contributed by atoms with Gasteiger partial charge in [0, 0.05) is 13.0 Å². The van der Waals surface area contributed by atoms with Crippen LogP contribution < -0.4 is 5.32 Å². The van der Waals surface area contributed by atoms with E-state index in [2.05, 4.69) is 31.3 Å². The van der Waals surface area contributed by atoms with Crippen molar-refractivity contribution >= 4 is 41.4 Å². The molecule has 0 radical (unpaired) electrons. The second kappa shape index (κ2) is 11.6. The average Bonchev–Trinajstić information content (AvgIpc) is 2.44. The van der Waals surface area contributed by atoms with Crippen LogP contribution in [0.2, 0.25) is 0 Å². The maximum atomic E-state index is 11.9. The van der Waals surface area contributed by atoms with Crippen LogP contribution in [-0.2, 0) is 22.4 Å². The van der Waals surface area contributed by atoms with E-state index in [1.165, 1.54) is 5.56 Å². The molecule has 1 aromatic carbocycles. The predicted octanol–water partition coefficient (Wildman–Crippen LogP) is 1.30. The van der Waals surface area contributed by atoms with Crippen LogP contribution in [0.15, 0.2) is 24.3 Å². The van der Waals surface area contributed by atoms with Crippen molar-refractivity contribution in [3.8, 4) is 0 Å². The van der Waals surface area contributed by atoms with Gasteiger partial charge in [-0.1, -0.05) is 38.1 Å². The van der Waals surface area contributed by atoms with Crippen molar-refractivity contribution in [3.05, 3.63) is 35.4 Å². The number of carbonyl (C=O) groups excluding carboxylic acids is 1. The van der Waals surface area contributed by atoms with E-state index >= 15 is 0 Å². The number of aryl methyl sites for hydroxylation is 1. The molecule has 0 fully saturated rings. The first-order valence-electron chi connectivity index (χ1n) is 8.02. The van der Waals surface area contributed by atoms with Crippen LogP contribution in [0.5, 0.6) is 0 Å². The first-order chi connectivity index (χ1) is 10.8. The molecule has 2 N–H and O–H groups in total. The Morgan fingerprint density at radius 3 is 2.12 bits per heavy atom. The number of hydrogen-bond donors (Lipinski definition) is 2. The molecule has 0 saturated heterocycles. The second-order valence-corrected chi connectivity index (χ2v) is 6.64. The molecule has 5 nitrogen and oxygen atoms in total. The molecule has 6 heteroatoms. The Balaban J connectivity index is 0.00000529. The number of nitrogens with zero attached hydrogens (tertiary/aromatic N) is 1. The fourth-order valence-corrected chi connectivity index (χ4v) is 2.39. The van der Waals surface area contributed by atoms with Crippen LogP contribution in [0.3, 0.4) is 0 Å². The summed E-state index contributed by atoms with van der Waals surface area (Å²) in [7, 11) is 3.56. The molecule has 0 spiro atoms. The number of aliphatic carboxylic acids is 1. The molecule has 24 heavy (non-hydrogen) atoms. The van der Waals surface area contributed by atoms with E-state index < -0.39 is 12.0 Å². The first-order valence-corrected chi connectivity index (χ1v) is 8.02. The van der Waals surface area contributed by atoms with E-state index in [1.807, 2.05) is 12.1 Å². The third-order valence-electron chi connectivity index (χ3n) is 3.49. The molecule has 0 saturated carbocycles. The Labute approximate surface area is 167 Å². The molecular weight excluding hydrogens is 315 g/mol. The maximum absolute atomic E-state index is 11.9. The van der Waals surface area contributed by atoms with Crippen molar-refractivity contribution in [3.63, 3.8) is 0 Å². The molecular formula is C18H29N2NaO3. The van der Waals surface area contributed by atoms with Gasteiger partial charge in [0.05, 0.1) is 0 Å². The Morgan fingerprint density at radius 2 is 1.67 bits per heavy atom. The SMILES string of the molecule is CC(C)Cc1ccc(CCC(=O)NC(CN(C)C)C(=O)O)cc1.[NaH]. The molecule has 0 aliphatic heterocycles. The van der Waals surface area contributed by atoms with Gasteiger partial charge in [0.1, 0.15) is 6.04 Å². The summed E-state index contributed by atoms with van der Waals surface area (Å²) in [5, 5.41) is 11.7. The fourth-order valence-electron chi connectivity index (χ4n) is 2.39. The van der Waals surface area contributed by atoms with Gasteiger partial charge in [-0.3, -0.25) is 4.79 Å². The number of amides is 1. The normalized spacial score (nSPS) is 11.9. The number of rotatable bonds is 9. The minimum absolute atomic E-state index is 0. The summed E-state index contributed by atoms with van der Waals surface area (Å²) in [5.41, 5.74) is 2.39. The van der Waals surface area contributed by atoms with Crippen LogP contribution in [0.1, 0.15) is 31.4 Å². The van der Waals surface area contributed by atoms with Crippen LogP contribution in [-0.4, -0.2) is 78.1 Å². The van der Waals surface area contributed by atoms with Crippen molar-refractivity contribution in [2.24, 2.45) is 5.92 Å². The molecule has 1 aromatic rings. The molecule has 0 aromatic heterocycles. The van der Waals surface area contributed by atoms with Gasteiger partial charge in [-0.15, -0.1) is 0 Å².